The van der Waals surface area contributed by atoms with Gasteiger partial charge in [0.05, 0.1) is 23.1 Å². The van der Waals surface area contributed by atoms with Crippen molar-refractivity contribution in [3.63, 3.8) is 0 Å². The van der Waals surface area contributed by atoms with Gasteiger partial charge >= 0.3 is 0 Å². The molecule has 1 aliphatic heterocycles. The van der Waals surface area contributed by atoms with Crippen LogP contribution in [0.1, 0.15) is 20.7 Å². The Morgan fingerprint density at radius 1 is 1.24 bits per heavy atom. The van der Waals surface area contributed by atoms with Crippen LogP contribution in [0.2, 0.25) is 0 Å². The molecule has 0 spiro atoms. The van der Waals surface area contributed by atoms with E-state index in [1.807, 2.05) is 0 Å². The van der Waals surface area contributed by atoms with Gasteiger partial charge in [-0.15, -0.1) is 16.7 Å². The van der Waals surface area contributed by atoms with Crippen molar-refractivity contribution in [2.45, 2.75) is 6.10 Å². The number of imide groups is 1. The Morgan fingerprint density at radius 3 is 2.24 bits per heavy atom. The molecule has 1 aromatic rings. The van der Waals surface area contributed by atoms with Crippen LogP contribution in [0.25, 0.3) is 0 Å². The molecular formula is C11H10ClNO4. The molecule has 1 atom stereocenters. The van der Waals surface area contributed by atoms with Crippen molar-refractivity contribution in [3.05, 3.63) is 35.4 Å². The van der Waals surface area contributed by atoms with Gasteiger partial charge in [-0.2, -0.15) is 0 Å². The molecule has 2 amide bonds. The second-order valence-corrected chi connectivity index (χ2v) is 3.86. The van der Waals surface area contributed by atoms with E-state index in [2.05, 4.69) is 0 Å². The molecule has 0 aromatic heterocycles. The second-order valence-electron chi connectivity index (χ2n) is 3.55. The zero-order valence-electron chi connectivity index (χ0n) is 8.80. The first-order chi connectivity index (χ1) is 8.15. The average molecular weight is 256 g/mol. The van der Waals surface area contributed by atoms with Crippen LogP contribution in [0.15, 0.2) is 24.3 Å². The lowest BCUT2D eigenvalue weighted by atomic mass is 10.1. The highest BCUT2D eigenvalue weighted by Crippen LogP contribution is 2.22. The predicted octanol–water partition coefficient (Wildman–Crippen LogP) is 0.814. The first-order valence-corrected chi connectivity index (χ1v) is 5.53. The van der Waals surface area contributed by atoms with Crippen LogP contribution in [-0.4, -0.2) is 40.6 Å². The lowest BCUT2D eigenvalue weighted by Gasteiger charge is -2.14. The highest BCUT2D eigenvalue weighted by Gasteiger charge is 2.36. The maximum atomic E-state index is 11.8. The first kappa shape index (κ1) is 12.0. The molecule has 2 rings (SSSR count). The Balaban J connectivity index is 2.13. The minimum atomic E-state index is -0.916. The standard InChI is InChI=1S/C11H10ClNO4/c12-5-7(14)6-17-13-10(15)8-3-1-2-4-9(8)11(13)16/h1-4,7,14H,5-6H2. The largest absolute Gasteiger partial charge is 0.389 e. The molecule has 90 valence electrons. The SMILES string of the molecule is O=C1c2ccccc2C(=O)N1OCC(O)CCl. The van der Waals surface area contributed by atoms with Gasteiger partial charge in [0.25, 0.3) is 11.8 Å². The number of aliphatic hydroxyl groups is 1. The van der Waals surface area contributed by atoms with Crippen LogP contribution < -0.4 is 0 Å². The molecule has 17 heavy (non-hydrogen) atoms. The quantitative estimate of drug-likeness (QED) is 0.639. The van der Waals surface area contributed by atoms with Crippen LogP contribution in [-0.2, 0) is 4.84 Å². The molecule has 0 bridgehead atoms. The summed E-state index contributed by atoms with van der Waals surface area (Å²) in [6.45, 7) is -0.199. The minimum Gasteiger partial charge on any atom is -0.389 e. The second kappa shape index (κ2) is 4.83. The number of hydroxylamine groups is 2. The van der Waals surface area contributed by atoms with Crippen LogP contribution >= 0.6 is 11.6 Å². The van der Waals surface area contributed by atoms with Crippen molar-refractivity contribution in [1.82, 2.24) is 5.06 Å². The van der Waals surface area contributed by atoms with E-state index < -0.39 is 17.9 Å². The van der Waals surface area contributed by atoms with E-state index in [1.165, 1.54) is 0 Å². The zero-order valence-corrected chi connectivity index (χ0v) is 9.55. The number of hydrogen-bond donors (Lipinski definition) is 1. The molecule has 0 radical (unpaired) electrons. The van der Waals surface area contributed by atoms with Gasteiger partial charge in [0.1, 0.15) is 6.61 Å². The predicted molar refractivity (Wildman–Crippen MR) is 59.6 cm³/mol. The number of carbonyl (C=O) groups is 2. The summed E-state index contributed by atoms with van der Waals surface area (Å²) < 4.78 is 0. The Bertz CT molecular complexity index is 428. The molecule has 0 fully saturated rings. The summed E-state index contributed by atoms with van der Waals surface area (Å²) in [6.07, 6.45) is -0.916. The third-order valence-electron chi connectivity index (χ3n) is 2.33. The Hall–Kier alpha value is -1.43. The van der Waals surface area contributed by atoms with Gasteiger partial charge in [0.2, 0.25) is 0 Å². The van der Waals surface area contributed by atoms with E-state index in [0.29, 0.717) is 16.2 Å². The molecule has 1 aromatic carbocycles. The van der Waals surface area contributed by atoms with Gasteiger partial charge in [-0.05, 0) is 12.1 Å². The normalized spacial score (nSPS) is 16.2. The van der Waals surface area contributed by atoms with Crippen LogP contribution in [0.3, 0.4) is 0 Å². The smallest absolute Gasteiger partial charge is 0.285 e. The van der Waals surface area contributed by atoms with Crippen molar-refractivity contribution < 1.29 is 19.5 Å². The fraction of sp³-hybridized carbons (Fsp3) is 0.273. The highest BCUT2D eigenvalue weighted by molar-refractivity contribution is 6.20. The minimum absolute atomic E-state index is 0.0246. The third-order valence-corrected chi connectivity index (χ3v) is 2.69. The number of rotatable bonds is 4. The molecule has 1 unspecified atom stereocenters. The summed E-state index contributed by atoms with van der Waals surface area (Å²) in [5.74, 6) is -1.07. The van der Waals surface area contributed by atoms with Crippen molar-refractivity contribution in [1.29, 1.82) is 0 Å². The number of amides is 2. The molecule has 5 nitrogen and oxygen atoms in total. The van der Waals surface area contributed by atoms with Gasteiger partial charge in [0.15, 0.2) is 0 Å². The number of nitrogens with zero attached hydrogens (tertiary/aromatic N) is 1. The van der Waals surface area contributed by atoms with Gasteiger partial charge in [-0.1, -0.05) is 12.1 Å². The number of halogens is 1. The fourth-order valence-corrected chi connectivity index (χ4v) is 1.58. The molecule has 0 saturated carbocycles. The average Bonchev–Trinajstić information content (AvgIpc) is 2.60. The number of benzene rings is 1. The molecular weight excluding hydrogens is 246 g/mol. The summed E-state index contributed by atoms with van der Waals surface area (Å²) in [4.78, 5) is 28.5. The summed E-state index contributed by atoms with van der Waals surface area (Å²) in [5, 5.41) is 9.85. The van der Waals surface area contributed by atoms with Crippen molar-refractivity contribution in [3.8, 4) is 0 Å². The Morgan fingerprint density at radius 2 is 1.76 bits per heavy atom. The maximum absolute atomic E-state index is 11.8. The number of fused-ring (bicyclic) bond motifs is 1. The fourth-order valence-electron chi connectivity index (χ4n) is 1.49. The van der Waals surface area contributed by atoms with Crippen LogP contribution in [0, 0.1) is 0 Å². The number of carbonyl (C=O) groups excluding carboxylic acids is 2. The van der Waals surface area contributed by atoms with Crippen molar-refractivity contribution >= 4 is 23.4 Å². The lowest BCUT2D eigenvalue weighted by molar-refractivity contribution is -0.112. The van der Waals surface area contributed by atoms with Gasteiger partial charge in [-0.3, -0.25) is 14.4 Å². The number of alkyl halides is 1. The Labute approximate surface area is 102 Å². The highest BCUT2D eigenvalue weighted by atomic mass is 35.5. The molecule has 1 N–H and O–H groups in total. The molecule has 1 heterocycles. The maximum Gasteiger partial charge on any atom is 0.285 e. The number of aliphatic hydroxyl groups excluding tert-OH is 1. The van der Waals surface area contributed by atoms with E-state index in [9.17, 15) is 14.7 Å². The summed E-state index contributed by atoms with van der Waals surface area (Å²) >= 11 is 5.38. The van der Waals surface area contributed by atoms with E-state index in [-0.39, 0.29) is 12.5 Å². The molecule has 0 saturated heterocycles. The summed E-state index contributed by atoms with van der Waals surface area (Å²) in [5.41, 5.74) is 0.607. The topological polar surface area (TPSA) is 66.8 Å². The van der Waals surface area contributed by atoms with E-state index in [1.54, 1.807) is 24.3 Å². The van der Waals surface area contributed by atoms with Crippen LogP contribution in [0.5, 0.6) is 0 Å². The van der Waals surface area contributed by atoms with E-state index >= 15 is 0 Å². The van der Waals surface area contributed by atoms with Crippen LogP contribution in [0.4, 0.5) is 0 Å². The summed E-state index contributed by atoms with van der Waals surface area (Å²) in [7, 11) is 0. The van der Waals surface area contributed by atoms with E-state index in [0.717, 1.165) is 0 Å². The van der Waals surface area contributed by atoms with E-state index in [4.69, 9.17) is 16.4 Å². The molecule has 0 aliphatic carbocycles. The third kappa shape index (κ3) is 2.17. The first-order valence-electron chi connectivity index (χ1n) is 5.00. The van der Waals surface area contributed by atoms with Gasteiger partial charge < -0.3 is 5.11 Å². The lowest BCUT2D eigenvalue weighted by Crippen LogP contribution is -2.33. The monoisotopic (exact) mass is 255 g/mol. The zero-order chi connectivity index (χ0) is 12.4. The van der Waals surface area contributed by atoms with Gasteiger partial charge in [0, 0.05) is 0 Å². The van der Waals surface area contributed by atoms with Crippen molar-refractivity contribution in [2.75, 3.05) is 12.5 Å². The molecule has 1 aliphatic rings. The summed E-state index contributed by atoms with van der Waals surface area (Å²) in [6, 6.07) is 6.44. The Kier molecular flexibility index (Phi) is 3.42. The molecule has 6 heteroatoms. The van der Waals surface area contributed by atoms with Crippen molar-refractivity contribution in [2.24, 2.45) is 0 Å². The van der Waals surface area contributed by atoms with Gasteiger partial charge in [-0.25, -0.2) is 0 Å². The number of hydrogen-bond acceptors (Lipinski definition) is 4.